The molecule has 2 aromatic rings. The summed E-state index contributed by atoms with van der Waals surface area (Å²) in [5, 5.41) is 0. The van der Waals surface area contributed by atoms with Gasteiger partial charge in [0.2, 0.25) is 5.95 Å². The molecule has 1 saturated heterocycles. The van der Waals surface area contributed by atoms with Crippen LogP contribution < -0.4 is 14.4 Å². The number of carbonyl (C=O) groups is 1. The Morgan fingerprint density at radius 2 is 1.81 bits per heavy atom. The second-order valence-corrected chi connectivity index (χ2v) is 7.18. The van der Waals surface area contributed by atoms with Crippen molar-refractivity contribution in [1.29, 1.82) is 0 Å². The summed E-state index contributed by atoms with van der Waals surface area (Å²) >= 11 is 0. The number of ketones is 1. The van der Waals surface area contributed by atoms with Crippen molar-refractivity contribution in [2.24, 2.45) is 0 Å². The normalized spacial score (nSPS) is 18.4. The first-order chi connectivity index (χ1) is 12.5. The molecule has 136 valence electrons. The lowest BCUT2D eigenvalue weighted by Gasteiger charge is -2.44. The predicted octanol–water partition coefficient (Wildman–Crippen LogP) is 3.11. The quantitative estimate of drug-likeness (QED) is 0.827. The van der Waals surface area contributed by atoms with Crippen LogP contribution in [0.15, 0.2) is 24.3 Å². The van der Waals surface area contributed by atoms with E-state index in [9.17, 15) is 4.79 Å². The lowest BCUT2D eigenvalue weighted by Crippen LogP contribution is -2.51. The number of benzene rings is 1. The largest absolute Gasteiger partial charge is 0.497 e. The SMILES string of the molecule is COc1ccc2c(c1)C(=O)CC1(CCN(c3nc(C)cc(C)n3)CC1)O2. The van der Waals surface area contributed by atoms with Crippen LogP contribution in [0.2, 0.25) is 0 Å². The fourth-order valence-corrected chi connectivity index (χ4v) is 3.84. The Balaban J connectivity index is 1.52. The third-order valence-corrected chi connectivity index (χ3v) is 5.22. The summed E-state index contributed by atoms with van der Waals surface area (Å²) in [5.74, 6) is 2.24. The molecule has 0 aliphatic carbocycles. The van der Waals surface area contributed by atoms with Crippen LogP contribution in [0, 0.1) is 13.8 Å². The van der Waals surface area contributed by atoms with Crippen molar-refractivity contribution in [2.45, 2.75) is 38.7 Å². The van der Waals surface area contributed by atoms with Gasteiger partial charge >= 0.3 is 0 Å². The molecule has 1 fully saturated rings. The number of aryl methyl sites for hydroxylation is 2. The molecule has 2 aliphatic rings. The summed E-state index contributed by atoms with van der Waals surface area (Å²) in [5.41, 5.74) is 2.14. The van der Waals surface area contributed by atoms with Crippen molar-refractivity contribution in [2.75, 3.05) is 25.1 Å². The Kier molecular flexibility index (Phi) is 4.05. The van der Waals surface area contributed by atoms with Crippen LogP contribution in [0.1, 0.15) is 41.0 Å². The number of fused-ring (bicyclic) bond motifs is 1. The number of rotatable bonds is 2. The summed E-state index contributed by atoms with van der Waals surface area (Å²) in [7, 11) is 1.60. The minimum atomic E-state index is -0.423. The molecule has 0 bridgehead atoms. The Labute approximate surface area is 153 Å². The Bertz CT molecular complexity index is 837. The highest BCUT2D eigenvalue weighted by molar-refractivity contribution is 6.00. The van der Waals surface area contributed by atoms with E-state index in [0.717, 1.165) is 43.3 Å². The van der Waals surface area contributed by atoms with Crippen LogP contribution in [-0.2, 0) is 0 Å². The molecule has 0 amide bonds. The first kappa shape index (κ1) is 16.8. The first-order valence-corrected chi connectivity index (χ1v) is 8.95. The number of Topliss-reactive ketones (excluding diaryl/α,β-unsaturated/α-hetero) is 1. The Morgan fingerprint density at radius 3 is 2.46 bits per heavy atom. The number of carbonyl (C=O) groups excluding carboxylic acids is 1. The molecule has 2 aliphatic heterocycles. The number of anilines is 1. The minimum Gasteiger partial charge on any atom is -0.497 e. The van der Waals surface area contributed by atoms with Gasteiger partial charge in [-0.25, -0.2) is 9.97 Å². The third kappa shape index (κ3) is 3.00. The van der Waals surface area contributed by atoms with Gasteiger partial charge in [-0.05, 0) is 38.1 Å². The number of hydrogen-bond acceptors (Lipinski definition) is 6. The highest BCUT2D eigenvalue weighted by Gasteiger charge is 2.43. The third-order valence-electron chi connectivity index (χ3n) is 5.22. The molecular formula is C20H23N3O3. The van der Waals surface area contributed by atoms with Gasteiger partial charge in [0.25, 0.3) is 0 Å². The van der Waals surface area contributed by atoms with E-state index >= 15 is 0 Å². The molecule has 6 heteroatoms. The van der Waals surface area contributed by atoms with Gasteiger partial charge in [-0.3, -0.25) is 4.79 Å². The topological polar surface area (TPSA) is 64.5 Å². The second-order valence-electron chi connectivity index (χ2n) is 7.18. The maximum Gasteiger partial charge on any atom is 0.225 e. The van der Waals surface area contributed by atoms with Gasteiger partial charge < -0.3 is 14.4 Å². The van der Waals surface area contributed by atoms with E-state index in [1.54, 1.807) is 13.2 Å². The molecule has 0 saturated carbocycles. The van der Waals surface area contributed by atoms with E-state index in [4.69, 9.17) is 9.47 Å². The van der Waals surface area contributed by atoms with Crippen molar-refractivity contribution in [1.82, 2.24) is 9.97 Å². The van der Waals surface area contributed by atoms with E-state index in [-0.39, 0.29) is 5.78 Å². The molecule has 4 rings (SSSR count). The fraction of sp³-hybridized carbons (Fsp3) is 0.450. The zero-order valence-corrected chi connectivity index (χ0v) is 15.4. The summed E-state index contributed by atoms with van der Waals surface area (Å²) in [6.07, 6.45) is 1.97. The standard InChI is InChI=1S/C20H23N3O3/c1-13-10-14(2)22-19(21-13)23-8-6-20(7-9-23)12-17(24)16-11-15(25-3)4-5-18(16)26-20/h4-5,10-11H,6-9,12H2,1-3H3. The summed E-state index contributed by atoms with van der Waals surface area (Å²) in [4.78, 5) is 24.0. The fourth-order valence-electron chi connectivity index (χ4n) is 3.84. The monoisotopic (exact) mass is 353 g/mol. The molecule has 1 aromatic heterocycles. The van der Waals surface area contributed by atoms with E-state index in [0.29, 0.717) is 23.5 Å². The lowest BCUT2D eigenvalue weighted by atomic mass is 9.82. The molecule has 3 heterocycles. The van der Waals surface area contributed by atoms with Crippen LogP contribution in [-0.4, -0.2) is 41.6 Å². The number of methoxy groups -OCH3 is 1. The van der Waals surface area contributed by atoms with Crippen molar-refractivity contribution in [3.05, 3.63) is 41.2 Å². The predicted molar refractivity (Wildman–Crippen MR) is 98.3 cm³/mol. The molecule has 1 spiro atoms. The molecule has 0 radical (unpaired) electrons. The molecule has 26 heavy (non-hydrogen) atoms. The van der Waals surface area contributed by atoms with Gasteiger partial charge in [-0.15, -0.1) is 0 Å². The van der Waals surface area contributed by atoms with Crippen molar-refractivity contribution in [3.63, 3.8) is 0 Å². The maximum atomic E-state index is 12.7. The summed E-state index contributed by atoms with van der Waals surface area (Å²) < 4.78 is 11.5. The van der Waals surface area contributed by atoms with Gasteiger partial charge in [0.1, 0.15) is 17.1 Å². The zero-order chi connectivity index (χ0) is 18.3. The molecule has 0 N–H and O–H groups in total. The maximum absolute atomic E-state index is 12.7. The molecule has 0 unspecified atom stereocenters. The molecule has 1 aromatic carbocycles. The molecule has 0 atom stereocenters. The van der Waals surface area contributed by atoms with Gasteiger partial charge in [0.15, 0.2) is 5.78 Å². The average molecular weight is 353 g/mol. The van der Waals surface area contributed by atoms with Crippen LogP contribution in [0.3, 0.4) is 0 Å². The number of aromatic nitrogens is 2. The van der Waals surface area contributed by atoms with Crippen molar-refractivity contribution in [3.8, 4) is 11.5 Å². The summed E-state index contributed by atoms with van der Waals surface area (Å²) in [6.45, 7) is 5.53. The smallest absolute Gasteiger partial charge is 0.225 e. The average Bonchev–Trinajstić information content (AvgIpc) is 2.61. The molecule has 6 nitrogen and oxygen atoms in total. The van der Waals surface area contributed by atoms with Gasteiger partial charge in [0.05, 0.1) is 19.1 Å². The number of piperidine rings is 1. The van der Waals surface area contributed by atoms with E-state index in [1.807, 2.05) is 32.0 Å². The van der Waals surface area contributed by atoms with Crippen LogP contribution in [0.25, 0.3) is 0 Å². The highest BCUT2D eigenvalue weighted by atomic mass is 16.5. The van der Waals surface area contributed by atoms with Crippen LogP contribution in [0.4, 0.5) is 5.95 Å². The highest BCUT2D eigenvalue weighted by Crippen LogP contribution is 2.40. The Morgan fingerprint density at radius 1 is 1.12 bits per heavy atom. The van der Waals surface area contributed by atoms with Gasteiger partial charge in [-0.2, -0.15) is 0 Å². The zero-order valence-electron chi connectivity index (χ0n) is 15.4. The Hall–Kier alpha value is -2.63. The number of hydrogen-bond donors (Lipinski definition) is 0. The number of ether oxygens (including phenoxy) is 2. The minimum absolute atomic E-state index is 0.126. The number of nitrogens with zero attached hydrogens (tertiary/aromatic N) is 3. The van der Waals surface area contributed by atoms with Gasteiger partial charge in [-0.1, -0.05) is 0 Å². The van der Waals surface area contributed by atoms with Crippen LogP contribution >= 0.6 is 0 Å². The first-order valence-electron chi connectivity index (χ1n) is 8.95. The van der Waals surface area contributed by atoms with Crippen molar-refractivity contribution < 1.29 is 14.3 Å². The summed E-state index contributed by atoms with van der Waals surface area (Å²) in [6, 6.07) is 7.42. The van der Waals surface area contributed by atoms with Crippen LogP contribution in [0.5, 0.6) is 11.5 Å². The lowest BCUT2D eigenvalue weighted by molar-refractivity contribution is 0.0229. The van der Waals surface area contributed by atoms with E-state index in [2.05, 4.69) is 14.9 Å². The molecular weight excluding hydrogens is 330 g/mol. The van der Waals surface area contributed by atoms with E-state index < -0.39 is 5.60 Å². The van der Waals surface area contributed by atoms with Gasteiger partial charge in [0, 0.05) is 37.3 Å². The van der Waals surface area contributed by atoms with Crippen molar-refractivity contribution >= 4 is 11.7 Å². The van der Waals surface area contributed by atoms with E-state index in [1.165, 1.54) is 0 Å². The second kappa shape index (κ2) is 6.27.